The van der Waals surface area contributed by atoms with Crippen LogP contribution in [-0.2, 0) is 9.59 Å². The van der Waals surface area contributed by atoms with Gasteiger partial charge in [0.2, 0.25) is 5.91 Å². The Balaban J connectivity index is 2.49. The van der Waals surface area contributed by atoms with Gasteiger partial charge in [0.25, 0.3) is 0 Å². The fourth-order valence-electron chi connectivity index (χ4n) is 2.02. The second kappa shape index (κ2) is 5.49. The SMILES string of the molecule is CC(C)(C)[C@H](NC(=O)CC1CCCN1)C(=O)O. The van der Waals surface area contributed by atoms with Crippen LogP contribution in [0.4, 0.5) is 0 Å². The molecule has 0 radical (unpaired) electrons. The average Bonchev–Trinajstić information content (AvgIpc) is 2.64. The van der Waals surface area contributed by atoms with Crippen molar-refractivity contribution < 1.29 is 14.7 Å². The summed E-state index contributed by atoms with van der Waals surface area (Å²) in [6, 6.07) is -0.638. The third kappa shape index (κ3) is 4.34. The minimum absolute atomic E-state index is 0.188. The predicted octanol–water partition coefficient (Wildman–Crippen LogP) is 0.744. The highest BCUT2D eigenvalue weighted by molar-refractivity contribution is 5.84. The quantitative estimate of drug-likeness (QED) is 0.679. The molecule has 0 aromatic carbocycles. The van der Waals surface area contributed by atoms with E-state index in [1.807, 2.05) is 0 Å². The maximum Gasteiger partial charge on any atom is 0.326 e. The van der Waals surface area contributed by atoms with Crippen molar-refractivity contribution in [2.24, 2.45) is 5.41 Å². The van der Waals surface area contributed by atoms with Gasteiger partial charge in [-0.05, 0) is 24.8 Å². The number of carboxylic acids is 1. The Morgan fingerprint density at radius 1 is 1.47 bits per heavy atom. The monoisotopic (exact) mass is 242 g/mol. The number of carboxylic acid groups (broad SMARTS) is 1. The molecule has 3 N–H and O–H groups in total. The molecule has 1 saturated heterocycles. The first kappa shape index (κ1) is 14.0. The van der Waals surface area contributed by atoms with Crippen LogP contribution in [0.5, 0.6) is 0 Å². The van der Waals surface area contributed by atoms with Gasteiger partial charge in [-0.25, -0.2) is 4.79 Å². The van der Waals surface area contributed by atoms with Crippen LogP contribution in [0.15, 0.2) is 0 Å². The summed E-state index contributed by atoms with van der Waals surface area (Å²) in [6.07, 6.45) is 2.43. The van der Waals surface area contributed by atoms with Gasteiger partial charge in [0.05, 0.1) is 0 Å². The average molecular weight is 242 g/mol. The molecule has 98 valence electrons. The van der Waals surface area contributed by atoms with Crippen LogP contribution in [0.1, 0.15) is 40.0 Å². The Bertz CT molecular complexity index is 291. The van der Waals surface area contributed by atoms with Gasteiger partial charge < -0.3 is 15.7 Å². The van der Waals surface area contributed by atoms with Gasteiger partial charge in [-0.15, -0.1) is 0 Å². The minimum atomic E-state index is -0.981. The zero-order chi connectivity index (χ0) is 13.1. The van der Waals surface area contributed by atoms with E-state index in [-0.39, 0.29) is 11.9 Å². The second-order valence-electron chi connectivity index (χ2n) is 5.70. The largest absolute Gasteiger partial charge is 0.480 e. The molecule has 1 aliphatic rings. The Morgan fingerprint density at radius 3 is 2.53 bits per heavy atom. The van der Waals surface area contributed by atoms with E-state index in [9.17, 15) is 9.59 Å². The first-order valence-electron chi connectivity index (χ1n) is 6.06. The minimum Gasteiger partial charge on any atom is -0.480 e. The summed E-state index contributed by atoms with van der Waals surface area (Å²) >= 11 is 0. The molecule has 17 heavy (non-hydrogen) atoms. The van der Waals surface area contributed by atoms with Crippen LogP contribution in [0.25, 0.3) is 0 Å². The lowest BCUT2D eigenvalue weighted by Gasteiger charge is -2.28. The molecule has 0 saturated carbocycles. The van der Waals surface area contributed by atoms with Crippen molar-refractivity contribution in [1.82, 2.24) is 10.6 Å². The number of carbonyl (C=O) groups is 2. The predicted molar refractivity (Wildman–Crippen MR) is 64.7 cm³/mol. The molecular formula is C12H22N2O3. The third-order valence-electron chi connectivity index (χ3n) is 3.01. The standard InChI is InChI=1S/C12H22N2O3/c1-12(2,3)10(11(16)17)14-9(15)7-8-5-4-6-13-8/h8,10,13H,4-7H2,1-3H3,(H,14,15)(H,16,17)/t8?,10-/m1/s1. The van der Waals surface area contributed by atoms with Gasteiger partial charge >= 0.3 is 5.97 Å². The van der Waals surface area contributed by atoms with E-state index in [0.717, 1.165) is 19.4 Å². The zero-order valence-corrected chi connectivity index (χ0v) is 10.7. The molecular weight excluding hydrogens is 220 g/mol. The summed E-state index contributed by atoms with van der Waals surface area (Å²) in [5.41, 5.74) is -0.482. The summed E-state index contributed by atoms with van der Waals surface area (Å²) in [5.74, 6) is -1.17. The van der Waals surface area contributed by atoms with E-state index in [4.69, 9.17) is 5.11 Å². The normalized spacial score (nSPS) is 22.2. The molecule has 2 atom stereocenters. The molecule has 1 rings (SSSR count). The third-order valence-corrected chi connectivity index (χ3v) is 3.01. The maximum absolute atomic E-state index is 11.7. The highest BCUT2D eigenvalue weighted by Gasteiger charge is 2.33. The molecule has 0 aromatic rings. The molecule has 0 spiro atoms. The summed E-state index contributed by atoms with van der Waals surface area (Å²) in [5, 5.41) is 14.9. The highest BCUT2D eigenvalue weighted by Crippen LogP contribution is 2.20. The summed E-state index contributed by atoms with van der Waals surface area (Å²) in [7, 11) is 0. The number of nitrogens with one attached hydrogen (secondary N) is 2. The Labute approximate surface area is 102 Å². The maximum atomic E-state index is 11.7. The molecule has 1 unspecified atom stereocenters. The van der Waals surface area contributed by atoms with E-state index < -0.39 is 17.4 Å². The van der Waals surface area contributed by atoms with Crippen molar-refractivity contribution in [3.63, 3.8) is 0 Å². The highest BCUT2D eigenvalue weighted by atomic mass is 16.4. The van der Waals surface area contributed by atoms with Crippen LogP contribution in [0.3, 0.4) is 0 Å². The van der Waals surface area contributed by atoms with E-state index >= 15 is 0 Å². The van der Waals surface area contributed by atoms with Gasteiger partial charge in [-0.3, -0.25) is 4.79 Å². The van der Waals surface area contributed by atoms with Crippen LogP contribution in [-0.4, -0.2) is 35.6 Å². The number of hydrogen-bond donors (Lipinski definition) is 3. The molecule has 1 amide bonds. The molecule has 5 heteroatoms. The number of hydrogen-bond acceptors (Lipinski definition) is 3. The van der Waals surface area contributed by atoms with E-state index in [1.165, 1.54) is 0 Å². The van der Waals surface area contributed by atoms with Crippen molar-refractivity contribution in [1.29, 1.82) is 0 Å². The molecule has 1 fully saturated rings. The molecule has 0 aromatic heterocycles. The van der Waals surface area contributed by atoms with Crippen molar-refractivity contribution >= 4 is 11.9 Å². The molecule has 0 aliphatic carbocycles. The van der Waals surface area contributed by atoms with Crippen LogP contribution < -0.4 is 10.6 Å². The van der Waals surface area contributed by atoms with Gasteiger partial charge in [-0.1, -0.05) is 20.8 Å². The Kier molecular flexibility index (Phi) is 4.51. The summed E-state index contributed by atoms with van der Waals surface area (Å²) < 4.78 is 0. The van der Waals surface area contributed by atoms with Crippen molar-refractivity contribution in [2.75, 3.05) is 6.54 Å². The number of carbonyl (C=O) groups excluding carboxylic acids is 1. The molecule has 0 bridgehead atoms. The van der Waals surface area contributed by atoms with Crippen molar-refractivity contribution in [2.45, 2.75) is 52.1 Å². The van der Waals surface area contributed by atoms with E-state index in [1.54, 1.807) is 20.8 Å². The van der Waals surface area contributed by atoms with Crippen LogP contribution in [0, 0.1) is 5.41 Å². The van der Waals surface area contributed by atoms with Gasteiger partial charge in [0.1, 0.15) is 6.04 Å². The smallest absolute Gasteiger partial charge is 0.326 e. The van der Waals surface area contributed by atoms with Gasteiger partial charge in [0, 0.05) is 12.5 Å². The van der Waals surface area contributed by atoms with Crippen molar-refractivity contribution in [3.05, 3.63) is 0 Å². The number of amides is 1. The number of rotatable bonds is 4. The van der Waals surface area contributed by atoms with Gasteiger partial charge in [0.15, 0.2) is 0 Å². The molecule has 5 nitrogen and oxygen atoms in total. The fraction of sp³-hybridized carbons (Fsp3) is 0.833. The second-order valence-corrected chi connectivity index (χ2v) is 5.70. The molecule has 1 aliphatic heterocycles. The zero-order valence-electron chi connectivity index (χ0n) is 10.7. The van der Waals surface area contributed by atoms with Crippen LogP contribution in [0.2, 0.25) is 0 Å². The lowest BCUT2D eigenvalue weighted by Crippen LogP contribution is -2.50. The lowest BCUT2D eigenvalue weighted by molar-refractivity contribution is -0.145. The topological polar surface area (TPSA) is 78.4 Å². The van der Waals surface area contributed by atoms with Crippen LogP contribution >= 0.6 is 0 Å². The van der Waals surface area contributed by atoms with Crippen molar-refractivity contribution in [3.8, 4) is 0 Å². The lowest BCUT2D eigenvalue weighted by atomic mass is 9.86. The fourth-order valence-corrected chi connectivity index (χ4v) is 2.02. The summed E-state index contributed by atoms with van der Waals surface area (Å²) in [4.78, 5) is 22.8. The Hall–Kier alpha value is -1.10. The molecule has 1 heterocycles. The first-order chi connectivity index (χ1) is 7.80. The van der Waals surface area contributed by atoms with Gasteiger partial charge in [-0.2, -0.15) is 0 Å². The Morgan fingerprint density at radius 2 is 2.12 bits per heavy atom. The summed E-state index contributed by atoms with van der Waals surface area (Å²) in [6.45, 7) is 6.36. The van der Waals surface area contributed by atoms with E-state index in [0.29, 0.717) is 6.42 Å². The number of aliphatic carboxylic acids is 1. The first-order valence-corrected chi connectivity index (χ1v) is 6.06. The van der Waals surface area contributed by atoms with E-state index in [2.05, 4.69) is 10.6 Å².